The molecule has 134 valence electrons. The number of esters is 2. The second-order valence-electron chi connectivity index (χ2n) is 4.39. The molecular weight excluding hydrogens is 402 g/mol. The zero-order chi connectivity index (χ0) is 18.5. The van der Waals surface area contributed by atoms with Gasteiger partial charge < -0.3 is 9.47 Å². The van der Waals surface area contributed by atoms with Gasteiger partial charge in [-0.05, 0) is 6.07 Å². The minimum atomic E-state index is -4.45. The Morgan fingerprint density at radius 3 is 2.12 bits per heavy atom. The topological polar surface area (TPSA) is 52.6 Å². The predicted octanol–water partition coefficient (Wildman–Crippen LogP) is 4.78. The average Bonchev–Trinajstić information content (AvgIpc) is 2.48. The number of carbonyl (C=O) groups is 2. The molecular formula is C13H9Cl3F4O4. The molecule has 0 aliphatic rings. The summed E-state index contributed by atoms with van der Waals surface area (Å²) in [5.41, 5.74) is 0. The van der Waals surface area contributed by atoms with Crippen LogP contribution in [0.2, 0.25) is 15.1 Å². The summed E-state index contributed by atoms with van der Waals surface area (Å²) in [6.07, 6.45) is -5.15. The largest absolute Gasteiger partial charge is 0.459 e. The molecule has 0 atom stereocenters. The fraction of sp³-hybridized carbons (Fsp3) is 0.385. The highest BCUT2D eigenvalue weighted by Gasteiger charge is 2.42. The van der Waals surface area contributed by atoms with E-state index in [4.69, 9.17) is 39.5 Å². The number of carbonyl (C=O) groups excluding carboxylic acids is 2. The van der Waals surface area contributed by atoms with Crippen LogP contribution in [0.25, 0.3) is 0 Å². The summed E-state index contributed by atoms with van der Waals surface area (Å²) in [5.74, 6) is -6.77. The summed E-state index contributed by atoms with van der Waals surface area (Å²) in [4.78, 5) is 22.7. The van der Waals surface area contributed by atoms with Gasteiger partial charge in [0.1, 0.15) is 0 Å². The quantitative estimate of drug-likeness (QED) is 0.281. The van der Waals surface area contributed by atoms with Gasteiger partial charge in [0.2, 0.25) is 0 Å². The van der Waals surface area contributed by atoms with Crippen LogP contribution in [-0.4, -0.2) is 30.9 Å². The van der Waals surface area contributed by atoms with E-state index in [2.05, 4.69) is 4.74 Å². The van der Waals surface area contributed by atoms with Crippen LogP contribution < -0.4 is 4.74 Å². The summed E-state index contributed by atoms with van der Waals surface area (Å²) in [6.45, 7) is -1.78. The minimum Gasteiger partial charge on any atom is -0.459 e. The Morgan fingerprint density at radius 2 is 1.54 bits per heavy atom. The van der Waals surface area contributed by atoms with Gasteiger partial charge in [-0.3, -0.25) is 9.59 Å². The molecule has 0 fully saturated rings. The molecule has 0 radical (unpaired) electrons. The van der Waals surface area contributed by atoms with Gasteiger partial charge >= 0.3 is 24.3 Å². The Morgan fingerprint density at radius 1 is 1.00 bits per heavy atom. The first-order valence-corrected chi connectivity index (χ1v) is 7.33. The van der Waals surface area contributed by atoms with E-state index in [-0.39, 0.29) is 20.8 Å². The van der Waals surface area contributed by atoms with Crippen molar-refractivity contribution in [3.63, 3.8) is 0 Å². The van der Waals surface area contributed by atoms with Crippen molar-refractivity contribution < 1.29 is 36.6 Å². The third-order valence-corrected chi connectivity index (χ3v) is 3.49. The number of hydrogen-bond donors (Lipinski definition) is 0. The fourth-order valence-corrected chi connectivity index (χ4v) is 1.85. The Bertz CT molecular complexity index is 625. The van der Waals surface area contributed by atoms with Crippen molar-refractivity contribution in [3.05, 3.63) is 27.2 Å². The average molecular weight is 412 g/mol. The van der Waals surface area contributed by atoms with E-state index in [1.54, 1.807) is 0 Å². The summed E-state index contributed by atoms with van der Waals surface area (Å²) < 4.78 is 57.7. The van der Waals surface area contributed by atoms with Gasteiger partial charge in [-0.15, -0.1) is 0 Å². The van der Waals surface area contributed by atoms with Crippen molar-refractivity contribution in [2.75, 3.05) is 6.61 Å². The summed E-state index contributed by atoms with van der Waals surface area (Å²) >= 11 is 17.2. The molecule has 0 bridgehead atoms. The molecule has 0 saturated heterocycles. The lowest BCUT2D eigenvalue weighted by molar-refractivity contribution is -0.180. The van der Waals surface area contributed by atoms with Crippen LogP contribution in [0.15, 0.2) is 12.1 Å². The van der Waals surface area contributed by atoms with E-state index in [9.17, 15) is 27.2 Å². The molecule has 0 aliphatic carbocycles. The zero-order valence-corrected chi connectivity index (χ0v) is 13.9. The zero-order valence-electron chi connectivity index (χ0n) is 11.6. The number of hydrogen-bond acceptors (Lipinski definition) is 4. The molecule has 1 rings (SSSR count). The molecule has 0 aliphatic heterocycles. The molecule has 0 N–H and O–H groups in total. The normalized spacial score (nSPS) is 11.5. The van der Waals surface area contributed by atoms with E-state index >= 15 is 0 Å². The lowest BCUT2D eigenvalue weighted by Crippen LogP contribution is -2.33. The van der Waals surface area contributed by atoms with E-state index in [0.717, 1.165) is 0 Å². The molecule has 0 spiro atoms. The number of benzene rings is 1. The van der Waals surface area contributed by atoms with E-state index in [0.29, 0.717) is 0 Å². The molecule has 0 saturated carbocycles. The Balaban J connectivity index is 2.47. The van der Waals surface area contributed by atoms with Crippen LogP contribution in [-0.2, 0) is 14.3 Å². The highest BCUT2D eigenvalue weighted by molar-refractivity contribution is 6.43. The van der Waals surface area contributed by atoms with Gasteiger partial charge in [0.05, 0.1) is 27.9 Å². The van der Waals surface area contributed by atoms with Crippen molar-refractivity contribution in [3.8, 4) is 5.75 Å². The molecule has 1 aromatic carbocycles. The van der Waals surface area contributed by atoms with Crippen molar-refractivity contribution in [2.45, 2.75) is 25.2 Å². The van der Waals surface area contributed by atoms with Crippen LogP contribution in [0.3, 0.4) is 0 Å². The maximum absolute atomic E-state index is 12.6. The summed E-state index contributed by atoms with van der Waals surface area (Å²) in [5, 5.41) is 0.180. The van der Waals surface area contributed by atoms with Crippen molar-refractivity contribution >= 4 is 46.7 Å². The van der Waals surface area contributed by atoms with Crippen LogP contribution >= 0.6 is 34.8 Å². The Kier molecular flexibility index (Phi) is 7.56. The molecule has 4 nitrogen and oxygen atoms in total. The van der Waals surface area contributed by atoms with Gasteiger partial charge in [-0.25, -0.2) is 8.78 Å². The highest BCUT2D eigenvalue weighted by atomic mass is 35.5. The summed E-state index contributed by atoms with van der Waals surface area (Å²) in [6, 6.07) is 2.40. The van der Waals surface area contributed by atoms with E-state index < -0.39 is 43.7 Å². The molecule has 1 aromatic rings. The molecule has 0 unspecified atom stereocenters. The highest BCUT2D eigenvalue weighted by Crippen LogP contribution is 2.34. The molecule has 11 heteroatoms. The van der Waals surface area contributed by atoms with Gasteiger partial charge in [-0.2, -0.15) is 8.78 Å². The Labute approximate surface area is 148 Å². The monoisotopic (exact) mass is 410 g/mol. The van der Waals surface area contributed by atoms with E-state index in [1.807, 2.05) is 0 Å². The van der Waals surface area contributed by atoms with Gasteiger partial charge in [0, 0.05) is 6.07 Å². The molecule has 0 heterocycles. The van der Waals surface area contributed by atoms with Crippen LogP contribution in [0.1, 0.15) is 12.8 Å². The maximum Gasteiger partial charge on any atom is 0.340 e. The predicted molar refractivity (Wildman–Crippen MR) is 78.3 cm³/mol. The standard InChI is InChI=1S/C13H9Cl3F4O4/c14-6-3-8(16)9(4-7(6)15)24-11(22)2-1-10(21)23-5-13(19,20)12(17)18/h3-4,12H,1-2,5H2. The SMILES string of the molecule is O=C(CCC(=O)Oc1cc(Cl)c(Cl)cc1Cl)OCC(F)(F)C(F)F. The molecule has 24 heavy (non-hydrogen) atoms. The first-order chi connectivity index (χ1) is 11.0. The van der Waals surface area contributed by atoms with Crippen molar-refractivity contribution in [1.29, 1.82) is 0 Å². The fourth-order valence-electron chi connectivity index (χ4n) is 1.27. The van der Waals surface area contributed by atoms with Crippen molar-refractivity contribution in [2.24, 2.45) is 0 Å². The van der Waals surface area contributed by atoms with Crippen LogP contribution in [0.4, 0.5) is 17.6 Å². The maximum atomic E-state index is 12.6. The lowest BCUT2D eigenvalue weighted by atomic mass is 10.3. The van der Waals surface area contributed by atoms with Crippen molar-refractivity contribution in [1.82, 2.24) is 0 Å². The lowest BCUT2D eigenvalue weighted by Gasteiger charge is -2.14. The number of alkyl halides is 4. The number of rotatable bonds is 7. The third-order valence-electron chi connectivity index (χ3n) is 2.48. The molecule has 0 aromatic heterocycles. The summed E-state index contributed by atoms with van der Waals surface area (Å²) in [7, 11) is 0. The minimum absolute atomic E-state index is 0.0168. The van der Waals surface area contributed by atoms with Crippen LogP contribution in [0, 0.1) is 0 Å². The van der Waals surface area contributed by atoms with Gasteiger partial charge in [0.25, 0.3) is 0 Å². The Hall–Kier alpha value is -1.25. The first-order valence-electron chi connectivity index (χ1n) is 6.19. The number of ether oxygens (including phenoxy) is 2. The third kappa shape index (κ3) is 6.33. The van der Waals surface area contributed by atoms with Crippen LogP contribution in [0.5, 0.6) is 5.75 Å². The molecule has 0 amide bonds. The van der Waals surface area contributed by atoms with Gasteiger partial charge in [0.15, 0.2) is 12.4 Å². The smallest absolute Gasteiger partial charge is 0.340 e. The first kappa shape index (κ1) is 20.8. The second kappa shape index (κ2) is 8.73. The van der Waals surface area contributed by atoms with Gasteiger partial charge in [-0.1, -0.05) is 34.8 Å². The van der Waals surface area contributed by atoms with E-state index in [1.165, 1.54) is 12.1 Å². The second-order valence-corrected chi connectivity index (χ2v) is 5.61. The number of halogens is 7.